The number of nitrogens with two attached hydrogens (primary N) is 1. The van der Waals surface area contributed by atoms with Crippen LogP contribution >= 0.6 is 0 Å². The standard InChI is InChI=1S/C28H38N2O4/c1-33-27(31)20-24-19-25(30(28(24)32)18-8-12-22-9-4-2-5-10-22)21-34-26-15-13-23(14-16-26)11-6-3-7-17-29/h2,4-5,9-10,13-16,24-25H,3,6-8,11-12,17-21,29H2,1H3/t24-,25-/m0/s1. The predicted octanol–water partition coefficient (Wildman–Crippen LogP) is 4.15. The van der Waals surface area contributed by atoms with Crippen LogP contribution in [0.3, 0.4) is 0 Å². The van der Waals surface area contributed by atoms with E-state index in [1.807, 2.05) is 35.2 Å². The molecule has 1 amide bonds. The van der Waals surface area contributed by atoms with E-state index >= 15 is 0 Å². The Bertz CT molecular complexity index is 885. The zero-order valence-corrected chi connectivity index (χ0v) is 20.3. The second-order valence-electron chi connectivity index (χ2n) is 9.04. The third-order valence-electron chi connectivity index (χ3n) is 6.51. The molecule has 0 aliphatic carbocycles. The number of ether oxygens (including phenoxy) is 2. The number of nitrogens with zero attached hydrogens (tertiary/aromatic N) is 1. The van der Waals surface area contributed by atoms with Gasteiger partial charge in [0.1, 0.15) is 12.4 Å². The van der Waals surface area contributed by atoms with Gasteiger partial charge < -0.3 is 20.1 Å². The van der Waals surface area contributed by atoms with Gasteiger partial charge in [0.15, 0.2) is 0 Å². The molecule has 34 heavy (non-hydrogen) atoms. The molecule has 6 heteroatoms. The van der Waals surface area contributed by atoms with Crippen molar-refractivity contribution >= 4 is 11.9 Å². The van der Waals surface area contributed by atoms with Crippen molar-refractivity contribution in [3.63, 3.8) is 0 Å². The molecule has 0 bridgehead atoms. The lowest BCUT2D eigenvalue weighted by atomic mass is 10.0. The molecule has 1 saturated heterocycles. The van der Waals surface area contributed by atoms with Gasteiger partial charge in [-0.05, 0) is 68.3 Å². The number of carbonyl (C=O) groups is 2. The second kappa shape index (κ2) is 13.8. The maximum absolute atomic E-state index is 13.1. The summed E-state index contributed by atoms with van der Waals surface area (Å²) < 4.78 is 10.9. The molecule has 2 N–H and O–H groups in total. The van der Waals surface area contributed by atoms with E-state index in [9.17, 15) is 9.59 Å². The van der Waals surface area contributed by atoms with Gasteiger partial charge in [0, 0.05) is 6.54 Å². The zero-order valence-electron chi connectivity index (χ0n) is 20.3. The summed E-state index contributed by atoms with van der Waals surface area (Å²) in [7, 11) is 1.36. The van der Waals surface area contributed by atoms with Gasteiger partial charge in [0.05, 0.1) is 25.5 Å². The summed E-state index contributed by atoms with van der Waals surface area (Å²) in [4.78, 5) is 26.8. The van der Waals surface area contributed by atoms with Crippen LogP contribution in [0.4, 0.5) is 0 Å². The van der Waals surface area contributed by atoms with E-state index in [0.717, 1.165) is 50.8 Å². The highest BCUT2D eigenvalue weighted by Gasteiger charge is 2.40. The fourth-order valence-electron chi connectivity index (χ4n) is 4.57. The Balaban J connectivity index is 1.55. The van der Waals surface area contributed by atoms with Gasteiger partial charge in [0.25, 0.3) is 0 Å². The van der Waals surface area contributed by atoms with Gasteiger partial charge in [-0.2, -0.15) is 0 Å². The fraction of sp³-hybridized carbons (Fsp3) is 0.500. The van der Waals surface area contributed by atoms with Crippen LogP contribution in [0.25, 0.3) is 0 Å². The Hall–Kier alpha value is -2.86. The molecule has 2 aromatic carbocycles. The van der Waals surface area contributed by atoms with Crippen LogP contribution in [0.15, 0.2) is 54.6 Å². The van der Waals surface area contributed by atoms with Gasteiger partial charge >= 0.3 is 5.97 Å². The van der Waals surface area contributed by atoms with E-state index in [2.05, 4.69) is 24.3 Å². The lowest BCUT2D eigenvalue weighted by molar-refractivity contribution is -0.144. The highest BCUT2D eigenvalue weighted by atomic mass is 16.5. The Morgan fingerprint density at radius 1 is 0.971 bits per heavy atom. The number of hydrogen-bond acceptors (Lipinski definition) is 5. The van der Waals surface area contributed by atoms with Crippen LogP contribution in [-0.4, -0.2) is 49.6 Å². The van der Waals surface area contributed by atoms with Crippen molar-refractivity contribution < 1.29 is 19.1 Å². The van der Waals surface area contributed by atoms with Crippen molar-refractivity contribution in [3.8, 4) is 5.75 Å². The molecule has 184 valence electrons. The van der Waals surface area contributed by atoms with Crippen LogP contribution in [0, 0.1) is 5.92 Å². The fourth-order valence-corrected chi connectivity index (χ4v) is 4.57. The van der Waals surface area contributed by atoms with Crippen molar-refractivity contribution in [1.29, 1.82) is 0 Å². The van der Waals surface area contributed by atoms with Crippen LogP contribution in [0.2, 0.25) is 0 Å². The molecule has 2 atom stereocenters. The number of rotatable bonds is 14. The monoisotopic (exact) mass is 466 g/mol. The molecule has 2 aromatic rings. The van der Waals surface area contributed by atoms with Crippen LogP contribution in [0.1, 0.15) is 49.7 Å². The minimum atomic E-state index is -0.341. The van der Waals surface area contributed by atoms with Crippen molar-refractivity contribution in [2.75, 3.05) is 26.8 Å². The zero-order chi connectivity index (χ0) is 24.2. The first-order valence-electron chi connectivity index (χ1n) is 12.4. The quantitative estimate of drug-likeness (QED) is 0.334. The van der Waals surface area contributed by atoms with Gasteiger partial charge in [-0.3, -0.25) is 9.59 Å². The van der Waals surface area contributed by atoms with E-state index in [-0.39, 0.29) is 30.3 Å². The first kappa shape index (κ1) is 25.8. The summed E-state index contributed by atoms with van der Waals surface area (Å²) in [6.07, 6.45) is 6.92. The van der Waals surface area contributed by atoms with E-state index in [4.69, 9.17) is 15.2 Å². The molecule has 1 heterocycles. The molecule has 0 radical (unpaired) electrons. The highest BCUT2D eigenvalue weighted by molar-refractivity contribution is 5.85. The summed E-state index contributed by atoms with van der Waals surface area (Å²) >= 11 is 0. The van der Waals surface area contributed by atoms with Crippen LogP contribution in [-0.2, 0) is 27.2 Å². The number of esters is 1. The molecule has 0 aromatic heterocycles. The Kier molecular flexibility index (Phi) is 10.4. The number of benzene rings is 2. The minimum absolute atomic E-state index is 0.0277. The molecular formula is C28H38N2O4. The maximum atomic E-state index is 13.1. The molecule has 1 aliphatic rings. The number of methoxy groups -OCH3 is 1. The number of unbranched alkanes of at least 4 members (excludes halogenated alkanes) is 2. The average molecular weight is 467 g/mol. The smallest absolute Gasteiger partial charge is 0.306 e. The van der Waals surface area contributed by atoms with Gasteiger partial charge in [-0.1, -0.05) is 48.9 Å². The van der Waals surface area contributed by atoms with Crippen molar-refractivity contribution in [2.45, 2.75) is 57.4 Å². The minimum Gasteiger partial charge on any atom is -0.491 e. The first-order chi connectivity index (χ1) is 16.6. The number of hydrogen-bond donors (Lipinski definition) is 1. The van der Waals surface area contributed by atoms with E-state index in [0.29, 0.717) is 19.6 Å². The van der Waals surface area contributed by atoms with E-state index in [1.165, 1.54) is 18.2 Å². The number of likely N-dealkylation sites (tertiary alicyclic amines) is 1. The van der Waals surface area contributed by atoms with Crippen molar-refractivity contribution in [1.82, 2.24) is 4.90 Å². The largest absolute Gasteiger partial charge is 0.491 e. The molecule has 0 saturated carbocycles. The third kappa shape index (κ3) is 7.87. The van der Waals surface area contributed by atoms with Gasteiger partial charge in [0.2, 0.25) is 5.91 Å². The molecule has 3 rings (SSSR count). The predicted molar refractivity (Wildman–Crippen MR) is 134 cm³/mol. The molecule has 6 nitrogen and oxygen atoms in total. The molecule has 1 fully saturated rings. The average Bonchev–Trinajstić information content (AvgIpc) is 3.16. The topological polar surface area (TPSA) is 81.9 Å². The Morgan fingerprint density at radius 3 is 2.38 bits per heavy atom. The summed E-state index contributed by atoms with van der Waals surface area (Å²) in [5.74, 6) is 0.151. The van der Waals surface area contributed by atoms with Gasteiger partial charge in [-0.15, -0.1) is 0 Å². The Labute approximate surface area is 203 Å². The number of aryl methyl sites for hydroxylation is 2. The number of amides is 1. The first-order valence-corrected chi connectivity index (χ1v) is 12.4. The van der Waals surface area contributed by atoms with E-state index in [1.54, 1.807) is 0 Å². The SMILES string of the molecule is COC(=O)C[C@@H]1C[C@@H](COc2ccc(CCCCCN)cc2)N(CCCc2ccccc2)C1=O. The summed E-state index contributed by atoms with van der Waals surface area (Å²) in [5.41, 5.74) is 8.11. The lowest BCUT2D eigenvalue weighted by Crippen LogP contribution is -2.38. The van der Waals surface area contributed by atoms with Crippen LogP contribution < -0.4 is 10.5 Å². The molecule has 0 unspecified atom stereocenters. The second-order valence-corrected chi connectivity index (χ2v) is 9.04. The van der Waals surface area contributed by atoms with Crippen LogP contribution in [0.5, 0.6) is 5.75 Å². The highest BCUT2D eigenvalue weighted by Crippen LogP contribution is 2.29. The van der Waals surface area contributed by atoms with Crippen molar-refractivity contribution in [2.24, 2.45) is 11.7 Å². The van der Waals surface area contributed by atoms with Crippen molar-refractivity contribution in [3.05, 3.63) is 65.7 Å². The maximum Gasteiger partial charge on any atom is 0.306 e. The van der Waals surface area contributed by atoms with Gasteiger partial charge in [-0.25, -0.2) is 0 Å². The third-order valence-corrected chi connectivity index (χ3v) is 6.51. The molecular weight excluding hydrogens is 428 g/mol. The molecule has 1 aliphatic heterocycles. The summed E-state index contributed by atoms with van der Waals surface area (Å²) in [6, 6.07) is 18.4. The Morgan fingerprint density at radius 2 is 1.68 bits per heavy atom. The van der Waals surface area contributed by atoms with E-state index < -0.39 is 0 Å². The summed E-state index contributed by atoms with van der Waals surface area (Å²) in [6.45, 7) is 1.83. The molecule has 0 spiro atoms. The normalized spacial score (nSPS) is 17.7. The summed E-state index contributed by atoms with van der Waals surface area (Å²) in [5, 5.41) is 0. The lowest BCUT2D eigenvalue weighted by Gasteiger charge is -2.25. The number of carbonyl (C=O) groups excluding carboxylic acids is 2.